The fourth-order valence-electron chi connectivity index (χ4n) is 16.4. The molecule has 0 N–H and O–H groups in total. The van der Waals surface area contributed by atoms with E-state index >= 15 is 0 Å². The standard InChI is InChI=1S/C84H78N4/c1-5-25-57-31-11-17-41-71(57)87-75-43-19-15-37-65(75)67-39-23-47-77(83(67)87)85(73-45-21-33-55-29-9-13-35-61(55)73)79-53-59(27-7-3)63-50-52-70-80(54-60(28-8-4)64-49-51-69(79)81(63)82(64)70)86(74-46-22-34-56-30-10-14-36-62(56)74)78-48-24-40-68-66-38-16-20-44-76(66)88(84(68)78)72-42-18-12-32-58(72)26-6-2/h11-12,15-24,31-34,37-54H,5-10,13-14,25-30,35-36H2,1-4H3. The van der Waals surface area contributed by atoms with Crippen molar-refractivity contribution in [1.29, 1.82) is 0 Å². The van der Waals surface area contributed by atoms with Crippen molar-refractivity contribution in [3.05, 3.63) is 251 Å². The maximum absolute atomic E-state index is 2.75. The van der Waals surface area contributed by atoms with Crippen LogP contribution in [0.5, 0.6) is 0 Å². The minimum absolute atomic E-state index is 0.972. The molecule has 4 heteroatoms. The summed E-state index contributed by atoms with van der Waals surface area (Å²) < 4.78 is 5.25. The molecule has 14 aromatic rings. The Morgan fingerprint density at radius 3 is 1.11 bits per heavy atom. The fraction of sp³-hybridized carbons (Fsp3) is 0.238. The highest BCUT2D eigenvalue weighted by Crippen LogP contribution is 2.54. The van der Waals surface area contributed by atoms with Crippen LogP contribution in [0.2, 0.25) is 0 Å². The summed E-state index contributed by atoms with van der Waals surface area (Å²) >= 11 is 0. The fourth-order valence-corrected chi connectivity index (χ4v) is 16.4. The first-order valence-electron chi connectivity index (χ1n) is 33.4. The van der Waals surface area contributed by atoms with E-state index < -0.39 is 0 Å². The van der Waals surface area contributed by atoms with Crippen LogP contribution >= 0.6 is 0 Å². The van der Waals surface area contributed by atoms with Gasteiger partial charge in [0.25, 0.3) is 0 Å². The second-order valence-corrected chi connectivity index (χ2v) is 25.4. The number of aromatic nitrogens is 2. The predicted octanol–water partition coefficient (Wildman–Crippen LogP) is 23.3. The van der Waals surface area contributed by atoms with Gasteiger partial charge in [-0.1, -0.05) is 199 Å². The van der Waals surface area contributed by atoms with Crippen LogP contribution in [0, 0.1) is 0 Å². The van der Waals surface area contributed by atoms with Gasteiger partial charge in [-0.15, -0.1) is 0 Å². The number of hydrogen-bond donors (Lipinski definition) is 0. The zero-order chi connectivity index (χ0) is 59.0. The summed E-state index contributed by atoms with van der Waals surface area (Å²) in [5, 5.41) is 13.2. The minimum atomic E-state index is 0.972. The van der Waals surface area contributed by atoms with Crippen molar-refractivity contribution in [2.24, 2.45) is 0 Å². The average molecular weight is 1140 g/mol. The van der Waals surface area contributed by atoms with Crippen LogP contribution in [0.25, 0.3) is 87.3 Å². The van der Waals surface area contributed by atoms with Crippen molar-refractivity contribution in [3.8, 4) is 11.4 Å². The van der Waals surface area contributed by atoms with Gasteiger partial charge in [0.2, 0.25) is 0 Å². The minimum Gasteiger partial charge on any atom is -0.307 e. The van der Waals surface area contributed by atoms with Gasteiger partial charge in [0.05, 0.1) is 44.8 Å². The van der Waals surface area contributed by atoms with Crippen LogP contribution in [0.1, 0.15) is 124 Å². The van der Waals surface area contributed by atoms with Crippen LogP contribution < -0.4 is 9.80 Å². The third-order valence-electron chi connectivity index (χ3n) is 20.1. The lowest BCUT2D eigenvalue weighted by Crippen LogP contribution is -2.18. The summed E-state index contributed by atoms with van der Waals surface area (Å²) in [5.74, 6) is 0. The monoisotopic (exact) mass is 1140 g/mol. The summed E-state index contributed by atoms with van der Waals surface area (Å²) in [4.78, 5) is 5.50. The van der Waals surface area contributed by atoms with E-state index in [4.69, 9.17) is 0 Å². The Morgan fingerprint density at radius 2 is 0.659 bits per heavy atom. The number of benzene rings is 12. The molecule has 0 spiro atoms. The van der Waals surface area contributed by atoms with E-state index in [0.29, 0.717) is 0 Å². The van der Waals surface area contributed by atoms with Gasteiger partial charge in [0.1, 0.15) is 0 Å². The predicted molar refractivity (Wildman–Crippen MR) is 377 cm³/mol. The smallest absolute Gasteiger partial charge is 0.0782 e. The number of fused-ring (bicyclic) bond motifs is 8. The molecule has 0 amide bonds. The Balaban J connectivity index is 1.04. The van der Waals surface area contributed by atoms with Gasteiger partial charge < -0.3 is 18.9 Å². The largest absolute Gasteiger partial charge is 0.307 e. The lowest BCUT2D eigenvalue weighted by molar-refractivity contribution is 0.686. The molecule has 0 saturated heterocycles. The molecule has 2 aliphatic rings. The summed E-state index contributed by atoms with van der Waals surface area (Å²) in [6.07, 6.45) is 17.4. The van der Waals surface area contributed by atoms with Crippen molar-refractivity contribution in [2.45, 2.75) is 130 Å². The Labute approximate surface area is 518 Å². The van der Waals surface area contributed by atoms with Gasteiger partial charge in [-0.3, -0.25) is 0 Å². The average Bonchev–Trinajstić information content (AvgIpc) is 1.21. The zero-order valence-corrected chi connectivity index (χ0v) is 51.7. The van der Waals surface area contributed by atoms with Crippen LogP contribution in [0.15, 0.2) is 206 Å². The topological polar surface area (TPSA) is 16.3 Å². The van der Waals surface area contributed by atoms with Gasteiger partial charge in [-0.05, 0) is 204 Å². The molecule has 16 rings (SSSR count). The lowest BCUT2D eigenvalue weighted by Gasteiger charge is -2.34. The number of aryl methyl sites for hydroxylation is 6. The van der Waals surface area contributed by atoms with Crippen LogP contribution in [0.3, 0.4) is 0 Å². The summed E-state index contributed by atoms with van der Waals surface area (Å²) in [7, 11) is 0. The van der Waals surface area contributed by atoms with Crippen molar-refractivity contribution in [1.82, 2.24) is 9.13 Å². The molecule has 0 fully saturated rings. The highest BCUT2D eigenvalue weighted by molar-refractivity contribution is 6.30. The van der Waals surface area contributed by atoms with Crippen LogP contribution in [-0.4, -0.2) is 9.13 Å². The highest BCUT2D eigenvalue weighted by Gasteiger charge is 2.32. The maximum Gasteiger partial charge on any atom is 0.0782 e. The van der Waals surface area contributed by atoms with Crippen LogP contribution in [0.4, 0.5) is 34.1 Å². The number of anilines is 6. The van der Waals surface area contributed by atoms with E-state index in [1.54, 1.807) is 0 Å². The van der Waals surface area contributed by atoms with E-state index in [1.807, 2.05) is 0 Å². The number of hydrogen-bond acceptors (Lipinski definition) is 2. The number of nitrogens with zero attached hydrogens (tertiary/aromatic N) is 4. The van der Waals surface area contributed by atoms with Crippen molar-refractivity contribution in [2.75, 3.05) is 9.80 Å². The van der Waals surface area contributed by atoms with Crippen molar-refractivity contribution < 1.29 is 0 Å². The molecular formula is C84H78N4. The SMILES string of the molecule is CCCc1ccccc1-n1c2ccccc2c2cccc(N(c3cccc4c3CCCC4)c3cc(CCC)c4ccc5c(N(c6cccc7c6CCCC7)c6cccc7c8ccccc8n(-c8ccccc8CCC)c67)cc(CCC)c6ccc3c4c65)c21. The molecule has 2 aromatic heterocycles. The molecule has 4 nitrogen and oxygen atoms in total. The third kappa shape index (κ3) is 8.60. The van der Waals surface area contributed by atoms with Gasteiger partial charge in [0, 0.05) is 55.1 Å². The summed E-state index contributed by atoms with van der Waals surface area (Å²) in [6.45, 7) is 9.36. The maximum atomic E-state index is 2.75. The first-order valence-corrected chi connectivity index (χ1v) is 33.4. The van der Waals surface area contributed by atoms with Crippen molar-refractivity contribution in [3.63, 3.8) is 0 Å². The van der Waals surface area contributed by atoms with Crippen molar-refractivity contribution >= 4 is 110 Å². The van der Waals surface area contributed by atoms with E-state index in [1.165, 1.54) is 192 Å². The van der Waals surface area contributed by atoms with Gasteiger partial charge in [-0.25, -0.2) is 0 Å². The zero-order valence-electron chi connectivity index (χ0n) is 51.7. The molecule has 2 heterocycles. The number of para-hydroxylation sites is 6. The summed E-state index contributed by atoms with van der Waals surface area (Å²) in [5.41, 5.74) is 26.6. The second kappa shape index (κ2) is 22.5. The number of rotatable bonds is 16. The molecular weight excluding hydrogens is 1060 g/mol. The van der Waals surface area contributed by atoms with E-state index in [-0.39, 0.29) is 0 Å². The van der Waals surface area contributed by atoms with E-state index in [0.717, 1.165) is 77.0 Å². The first kappa shape index (κ1) is 54.3. The first-order chi connectivity index (χ1) is 43.6. The van der Waals surface area contributed by atoms with Gasteiger partial charge in [0.15, 0.2) is 0 Å². The lowest BCUT2D eigenvalue weighted by atomic mass is 9.85. The Hall–Kier alpha value is -9.12. The Bertz CT molecular complexity index is 4690. The summed E-state index contributed by atoms with van der Waals surface area (Å²) in [6, 6.07) is 80.7. The molecule has 0 saturated carbocycles. The molecule has 0 unspecified atom stereocenters. The third-order valence-corrected chi connectivity index (χ3v) is 20.1. The Morgan fingerprint density at radius 1 is 0.295 bits per heavy atom. The second-order valence-electron chi connectivity index (χ2n) is 25.4. The van der Waals surface area contributed by atoms with Crippen LogP contribution in [-0.2, 0) is 51.4 Å². The van der Waals surface area contributed by atoms with E-state index in [9.17, 15) is 0 Å². The molecule has 0 aliphatic heterocycles. The molecule has 0 atom stereocenters. The van der Waals surface area contributed by atoms with E-state index in [2.05, 4.69) is 253 Å². The molecule has 0 bridgehead atoms. The molecule has 88 heavy (non-hydrogen) atoms. The Kier molecular flexibility index (Phi) is 13.9. The molecule has 2 aliphatic carbocycles. The molecule has 12 aromatic carbocycles. The molecule has 434 valence electrons. The quantitative estimate of drug-likeness (QED) is 0.0897. The normalized spacial score (nSPS) is 13.5. The molecule has 0 radical (unpaired) electrons. The van der Waals surface area contributed by atoms with Gasteiger partial charge >= 0.3 is 0 Å². The van der Waals surface area contributed by atoms with Gasteiger partial charge in [-0.2, -0.15) is 0 Å². The highest BCUT2D eigenvalue weighted by atomic mass is 15.2.